The number of furan rings is 1. The SMILES string of the molecule is CCc1nnc(Sc2ccoc2C)c(C#N)c1CC. The maximum atomic E-state index is 9.39. The molecule has 2 aromatic rings. The number of rotatable bonds is 4. The van der Waals surface area contributed by atoms with Gasteiger partial charge in [0.2, 0.25) is 0 Å². The number of nitriles is 1. The fourth-order valence-electron chi connectivity index (χ4n) is 1.92. The summed E-state index contributed by atoms with van der Waals surface area (Å²) in [6.07, 6.45) is 3.22. The predicted octanol–water partition coefficient (Wildman–Crippen LogP) is 3.53. The summed E-state index contributed by atoms with van der Waals surface area (Å²) in [6, 6.07) is 4.14. The third kappa shape index (κ3) is 2.64. The van der Waals surface area contributed by atoms with E-state index >= 15 is 0 Å². The van der Waals surface area contributed by atoms with Crippen LogP contribution in [-0.2, 0) is 12.8 Å². The first-order valence-electron chi connectivity index (χ1n) is 6.21. The van der Waals surface area contributed by atoms with E-state index < -0.39 is 0 Å². The minimum Gasteiger partial charge on any atom is -0.468 e. The number of aromatic nitrogens is 2. The molecule has 4 nitrogen and oxygen atoms in total. The zero-order chi connectivity index (χ0) is 13.8. The smallest absolute Gasteiger partial charge is 0.142 e. The van der Waals surface area contributed by atoms with Crippen molar-refractivity contribution in [2.75, 3.05) is 0 Å². The highest BCUT2D eigenvalue weighted by Gasteiger charge is 2.16. The van der Waals surface area contributed by atoms with Crippen LogP contribution >= 0.6 is 11.8 Å². The van der Waals surface area contributed by atoms with Gasteiger partial charge in [-0.3, -0.25) is 0 Å². The van der Waals surface area contributed by atoms with E-state index in [2.05, 4.69) is 16.3 Å². The molecular formula is C14H15N3OS. The van der Waals surface area contributed by atoms with E-state index in [4.69, 9.17) is 4.42 Å². The molecule has 2 rings (SSSR count). The van der Waals surface area contributed by atoms with Gasteiger partial charge in [-0.25, -0.2) is 0 Å². The van der Waals surface area contributed by atoms with Crippen LogP contribution in [-0.4, -0.2) is 10.2 Å². The van der Waals surface area contributed by atoms with Crippen molar-refractivity contribution in [3.8, 4) is 6.07 Å². The van der Waals surface area contributed by atoms with Gasteiger partial charge in [0, 0.05) is 0 Å². The van der Waals surface area contributed by atoms with Crippen LogP contribution < -0.4 is 0 Å². The van der Waals surface area contributed by atoms with E-state index in [9.17, 15) is 5.26 Å². The van der Waals surface area contributed by atoms with Crippen molar-refractivity contribution in [1.82, 2.24) is 10.2 Å². The molecule has 0 unspecified atom stereocenters. The van der Waals surface area contributed by atoms with E-state index in [0.717, 1.165) is 34.8 Å². The Hall–Kier alpha value is -1.80. The Morgan fingerprint density at radius 2 is 2.11 bits per heavy atom. The summed E-state index contributed by atoms with van der Waals surface area (Å²) in [7, 11) is 0. The molecule has 2 aromatic heterocycles. The Morgan fingerprint density at radius 3 is 2.63 bits per heavy atom. The van der Waals surface area contributed by atoms with Gasteiger partial charge in [-0.1, -0.05) is 25.6 Å². The molecule has 0 fully saturated rings. The van der Waals surface area contributed by atoms with Gasteiger partial charge in [-0.05, 0) is 31.4 Å². The average molecular weight is 273 g/mol. The van der Waals surface area contributed by atoms with Crippen molar-refractivity contribution in [3.63, 3.8) is 0 Å². The van der Waals surface area contributed by atoms with Crippen LogP contribution in [0.15, 0.2) is 26.7 Å². The lowest BCUT2D eigenvalue weighted by atomic mass is 10.1. The second kappa shape index (κ2) is 5.89. The highest BCUT2D eigenvalue weighted by atomic mass is 32.2. The van der Waals surface area contributed by atoms with Crippen molar-refractivity contribution in [2.24, 2.45) is 0 Å². The molecule has 0 atom stereocenters. The zero-order valence-corrected chi connectivity index (χ0v) is 12.0. The molecule has 5 heteroatoms. The molecule has 0 saturated heterocycles. The number of hydrogen-bond acceptors (Lipinski definition) is 5. The van der Waals surface area contributed by atoms with Gasteiger partial charge in [-0.2, -0.15) is 10.4 Å². The van der Waals surface area contributed by atoms with Crippen molar-refractivity contribution in [2.45, 2.75) is 43.5 Å². The van der Waals surface area contributed by atoms with Crippen LogP contribution in [0.1, 0.15) is 36.4 Å². The molecule has 0 aliphatic heterocycles. The van der Waals surface area contributed by atoms with Crippen molar-refractivity contribution >= 4 is 11.8 Å². The summed E-state index contributed by atoms with van der Waals surface area (Å²) in [4.78, 5) is 0.970. The Morgan fingerprint density at radius 1 is 1.32 bits per heavy atom. The molecule has 0 saturated carbocycles. The monoisotopic (exact) mass is 273 g/mol. The van der Waals surface area contributed by atoms with Crippen LogP contribution in [0.5, 0.6) is 0 Å². The number of aryl methyl sites for hydroxylation is 2. The third-order valence-corrected chi connectivity index (χ3v) is 4.07. The van der Waals surface area contributed by atoms with Crippen molar-refractivity contribution in [3.05, 3.63) is 34.9 Å². The summed E-state index contributed by atoms with van der Waals surface area (Å²) in [5.74, 6) is 0.827. The largest absolute Gasteiger partial charge is 0.468 e. The highest BCUT2D eigenvalue weighted by molar-refractivity contribution is 7.99. The first kappa shape index (κ1) is 13.6. The molecule has 0 N–H and O–H groups in total. The molecular weight excluding hydrogens is 258 g/mol. The van der Waals surface area contributed by atoms with Crippen LogP contribution in [0, 0.1) is 18.3 Å². The van der Waals surface area contributed by atoms with Gasteiger partial charge >= 0.3 is 0 Å². The first-order chi connectivity index (χ1) is 9.21. The van der Waals surface area contributed by atoms with E-state index in [1.165, 1.54) is 11.8 Å². The molecule has 0 aliphatic rings. The summed E-state index contributed by atoms with van der Waals surface area (Å²) in [5, 5.41) is 18.5. The molecule has 0 bridgehead atoms. The first-order valence-corrected chi connectivity index (χ1v) is 7.03. The lowest BCUT2D eigenvalue weighted by molar-refractivity contribution is 0.527. The molecule has 19 heavy (non-hydrogen) atoms. The Kier molecular flexibility index (Phi) is 4.23. The number of hydrogen-bond donors (Lipinski definition) is 0. The molecule has 2 heterocycles. The lowest BCUT2D eigenvalue weighted by Gasteiger charge is -2.09. The molecule has 0 aliphatic carbocycles. The van der Waals surface area contributed by atoms with E-state index in [1.807, 2.05) is 26.8 Å². The fourth-order valence-corrected chi connectivity index (χ4v) is 2.80. The molecule has 0 amide bonds. The summed E-state index contributed by atoms with van der Waals surface area (Å²) < 4.78 is 5.26. The third-order valence-electron chi connectivity index (χ3n) is 2.94. The van der Waals surface area contributed by atoms with Gasteiger partial charge < -0.3 is 4.42 Å². The van der Waals surface area contributed by atoms with E-state index in [-0.39, 0.29) is 0 Å². The molecule has 98 valence electrons. The Balaban J connectivity index is 2.47. The quantitative estimate of drug-likeness (QED) is 0.852. The highest BCUT2D eigenvalue weighted by Crippen LogP contribution is 2.33. The standard InChI is InChI=1S/C14H15N3OS/c1-4-10-11(8-15)14(17-16-12(10)5-2)19-13-6-7-18-9(13)3/h6-7H,4-5H2,1-3H3. The van der Waals surface area contributed by atoms with E-state index in [1.54, 1.807) is 6.26 Å². The van der Waals surface area contributed by atoms with Crippen molar-refractivity contribution < 1.29 is 4.42 Å². The Labute approximate surface area is 116 Å². The molecule has 0 spiro atoms. The van der Waals surface area contributed by atoms with Gasteiger partial charge in [-0.15, -0.1) is 5.10 Å². The fraction of sp³-hybridized carbons (Fsp3) is 0.357. The molecule has 0 aromatic carbocycles. The minimum atomic E-state index is 0.639. The van der Waals surface area contributed by atoms with Gasteiger partial charge in [0.05, 0.1) is 22.4 Å². The van der Waals surface area contributed by atoms with Crippen LogP contribution in [0.25, 0.3) is 0 Å². The van der Waals surface area contributed by atoms with Crippen LogP contribution in [0.4, 0.5) is 0 Å². The zero-order valence-electron chi connectivity index (χ0n) is 11.2. The normalized spacial score (nSPS) is 10.4. The average Bonchev–Trinajstić information content (AvgIpc) is 2.83. The van der Waals surface area contributed by atoms with Gasteiger partial charge in [0.25, 0.3) is 0 Å². The maximum Gasteiger partial charge on any atom is 0.142 e. The lowest BCUT2D eigenvalue weighted by Crippen LogP contribution is -2.04. The Bertz CT molecular complexity index is 628. The predicted molar refractivity (Wildman–Crippen MR) is 73.1 cm³/mol. The topological polar surface area (TPSA) is 62.7 Å². The second-order valence-corrected chi connectivity index (χ2v) is 5.10. The minimum absolute atomic E-state index is 0.639. The van der Waals surface area contributed by atoms with Gasteiger partial charge in [0.1, 0.15) is 16.9 Å². The van der Waals surface area contributed by atoms with Crippen LogP contribution in [0.2, 0.25) is 0 Å². The summed E-state index contributed by atoms with van der Waals surface area (Å²) in [5.41, 5.74) is 2.55. The van der Waals surface area contributed by atoms with E-state index in [0.29, 0.717) is 10.6 Å². The second-order valence-electron chi connectivity index (χ2n) is 4.07. The van der Waals surface area contributed by atoms with Gasteiger partial charge in [0.15, 0.2) is 0 Å². The van der Waals surface area contributed by atoms with Crippen molar-refractivity contribution in [1.29, 1.82) is 5.26 Å². The summed E-state index contributed by atoms with van der Waals surface area (Å²) in [6.45, 7) is 5.95. The van der Waals surface area contributed by atoms with Crippen LogP contribution in [0.3, 0.4) is 0 Å². The number of nitrogens with zero attached hydrogens (tertiary/aromatic N) is 3. The summed E-state index contributed by atoms with van der Waals surface area (Å²) >= 11 is 1.43. The molecule has 0 radical (unpaired) electrons. The maximum absolute atomic E-state index is 9.39.